The van der Waals surface area contributed by atoms with Gasteiger partial charge in [-0.15, -0.1) is 0 Å². The number of ether oxygens (including phenoxy) is 1. The second-order valence-corrected chi connectivity index (χ2v) is 6.30. The summed E-state index contributed by atoms with van der Waals surface area (Å²) < 4.78 is 5.48. The lowest BCUT2D eigenvalue weighted by atomic mass is 10.1. The van der Waals surface area contributed by atoms with E-state index in [4.69, 9.17) is 4.74 Å². The van der Waals surface area contributed by atoms with E-state index in [-0.39, 0.29) is 18.4 Å². The van der Waals surface area contributed by atoms with Crippen molar-refractivity contribution in [3.8, 4) is 5.75 Å². The van der Waals surface area contributed by atoms with E-state index in [1.165, 1.54) is 0 Å². The van der Waals surface area contributed by atoms with Crippen molar-refractivity contribution in [3.05, 3.63) is 59.2 Å². The zero-order chi connectivity index (χ0) is 17.8. The summed E-state index contributed by atoms with van der Waals surface area (Å²) >= 11 is 0. The van der Waals surface area contributed by atoms with Crippen molar-refractivity contribution in [3.63, 3.8) is 0 Å². The van der Waals surface area contributed by atoms with Crippen molar-refractivity contribution >= 4 is 17.5 Å². The normalized spacial score (nSPS) is 12.9. The van der Waals surface area contributed by atoms with E-state index in [2.05, 4.69) is 5.32 Å². The number of rotatable bonds is 6. The number of benzene rings is 2. The molecule has 0 saturated carbocycles. The van der Waals surface area contributed by atoms with Gasteiger partial charge in [0.2, 0.25) is 5.91 Å². The maximum absolute atomic E-state index is 11.9. The third kappa shape index (κ3) is 4.18. The first-order chi connectivity index (χ1) is 12.0. The molecule has 0 spiro atoms. The van der Waals surface area contributed by atoms with Crippen molar-refractivity contribution in [2.24, 2.45) is 0 Å². The summed E-state index contributed by atoms with van der Waals surface area (Å²) in [6, 6.07) is 13.6. The summed E-state index contributed by atoms with van der Waals surface area (Å²) in [5, 5.41) is 2.86. The molecule has 5 nitrogen and oxygen atoms in total. The molecule has 1 aliphatic heterocycles. The van der Waals surface area contributed by atoms with E-state index in [0.717, 1.165) is 28.8 Å². The van der Waals surface area contributed by atoms with Crippen LogP contribution in [0.1, 0.15) is 16.7 Å². The highest BCUT2D eigenvalue weighted by Gasteiger charge is 2.23. The average Bonchev–Trinajstić information content (AvgIpc) is 2.87. The van der Waals surface area contributed by atoms with Crippen molar-refractivity contribution in [1.29, 1.82) is 0 Å². The number of carbonyl (C=O) groups excluding carboxylic acids is 2. The van der Waals surface area contributed by atoms with Crippen LogP contribution in [-0.2, 0) is 22.4 Å². The van der Waals surface area contributed by atoms with Crippen LogP contribution in [0.4, 0.5) is 5.69 Å². The van der Waals surface area contributed by atoms with E-state index in [0.29, 0.717) is 18.7 Å². The standard InChI is InChI=1S/C20H22N2O3/c1-14-4-3-5-17(10-14)25-13-19(23)21-9-8-15-6-7-18-16(11-15)12-20(24)22(18)2/h3-7,10-11H,8-9,12-13H2,1-2H3,(H,21,23). The van der Waals surface area contributed by atoms with Crippen LogP contribution < -0.4 is 15.0 Å². The van der Waals surface area contributed by atoms with Gasteiger partial charge in [-0.2, -0.15) is 0 Å². The summed E-state index contributed by atoms with van der Waals surface area (Å²) in [5.74, 6) is 0.675. The summed E-state index contributed by atoms with van der Waals surface area (Å²) in [7, 11) is 1.79. The highest BCUT2D eigenvalue weighted by Crippen LogP contribution is 2.28. The van der Waals surface area contributed by atoms with Gasteiger partial charge in [0.1, 0.15) is 5.75 Å². The van der Waals surface area contributed by atoms with Gasteiger partial charge in [-0.25, -0.2) is 0 Å². The van der Waals surface area contributed by atoms with Crippen molar-refractivity contribution < 1.29 is 14.3 Å². The van der Waals surface area contributed by atoms with E-state index < -0.39 is 0 Å². The first-order valence-electron chi connectivity index (χ1n) is 8.37. The predicted molar refractivity (Wildman–Crippen MR) is 96.9 cm³/mol. The molecule has 0 saturated heterocycles. The maximum Gasteiger partial charge on any atom is 0.257 e. The first-order valence-corrected chi connectivity index (χ1v) is 8.37. The van der Waals surface area contributed by atoms with Gasteiger partial charge < -0.3 is 15.0 Å². The molecule has 0 fully saturated rings. The molecule has 0 aromatic heterocycles. The topological polar surface area (TPSA) is 58.6 Å². The average molecular weight is 338 g/mol. The fourth-order valence-corrected chi connectivity index (χ4v) is 2.93. The molecule has 1 aliphatic rings. The van der Waals surface area contributed by atoms with E-state index in [1.807, 2.05) is 49.4 Å². The van der Waals surface area contributed by atoms with Crippen LogP contribution in [0, 0.1) is 6.92 Å². The van der Waals surface area contributed by atoms with Crippen molar-refractivity contribution in [2.75, 3.05) is 25.1 Å². The molecule has 0 bridgehead atoms. The minimum Gasteiger partial charge on any atom is -0.484 e. The number of carbonyl (C=O) groups is 2. The van der Waals surface area contributed by atoms with Crippen LogP contribution in [0.2, 0.25) is 0 Å². The highest BCUT2D eigenvalue weighted by molar-refractivity contribution is 6.00. The van der Waals surface area contributed by atoms with Gasteiger partial charge in [-0.1, -0.05) is 24.3 Å². The number of amides is 2. The molecule has 0 atom stereocenters. The SMILES string of the molecule is Cc1cccc(OCC(=O)NCCc2ccc3c(c2)CC(=O)N3C)c1. The van der Waals surface area contributed by atoms with Crippen LogP contribution in [0.5, 0.6) is 5.75 Å². The highest BCUT2D eigenvalue weighted by atomic mass is 16.5. The van der Waals surface area contributed by atoms with Gasteiger partial charge in [0, 0.05) is 19.3 Å². The van der Waals surface area contributed by atoms with Gasteiger partial charge in [-0.05, 0) is 48.2 Å². The van der Waals surface area contributed by atoms with Gasteiger partial charge >= 0.3 is 0 Å². The molecule has 2 aromatic rings. The molecule has 130 valence electrons. The Morgan fingerprint density at radius 1 is 1.24 bits per heavy atom. The molecule has 2 aromatic carbocycles. The molecule has 0 aliphatic carbocycles. The lowest BCUT2D eigenvalue weighted by molar-refractivity contribution is -0.123. The Morgan fingerprint density at radius 3 is 2.88 bits per heavy atom. The number of likely N-dealkylation sites (N-methyl/N-ethyl adjacent to an activating group) is 1. The quantitative estimate of drug-likeness (QED) is 0.879. The number of fused-ring (bicyclic) bond motifs is 1. The van der Waals surface area contributed by atoms with Gasteiger partial charge in [-0.3, -0.25) is 9.59 Å². The smallest absolute Gasteiger partial charge is 0.257 e. The molecule has 2 amide bonds. The molecule has 0 unspecified atom stereocenters. The minimum atomic E-state index is -0.141. The Balaban J connectivity index is 1.44. The Kier molecular flexibility index (Phi) is 5.03. The summed E-state index contributed by atoms with van der Waals surface area (Å²) in [5.41, 5.74) is 4.24. The maximum atomic E-state index is 11.9. The Bertz CT molecular complexity index is 801. The summed E-state index contributed by atoms with van der Waals surface area (Å²) in [4.78, 5) is 25.3. The molecular formula is C20H22N2O3. The van der Waals surface area contributed by atoms with E-state index >= 15 is 0 Å². The minimum absolute atomic E-state index is 0.00688. The zero-order valence-corrected chi connectivity index (χ0v) is 14.5. The number of hydrogen-bond acceptors (Lipinski definition) is 3. The third-order valence-corrected chi connectivity index (χ3v) is 4.32. The molecule has 0 radical (unpaired) electrons. The van der Waals surface area contributed by atoms with Crippen LogP contribution in [-0.4, -0.2) is 32.0 Å². The van der Waals surface area contributed by atoms with Gasteiger partial charge in [0.25, 0.3) is 5.91 Å². The molecule has 1 N–H and O–H groups in total. The fourth-order valence-electron chi connectivity index (χ4n) is 2.93. The number of anilines is 1. The monoisotopic (exact) mass is 338 g/mol. The molecule has 5 heteroatoms. The van der Waals surface area contributed by atoms with E-state index in [9.17, 15) is 9.59 Å². The first kappa shape index (κ1) is 17.0. The number of aryl methyl sites for hydroxylation is 1. The summed E-state index contributed by atoms with van der Waals surface area (Å²) in [6.07, 6.45) is 1.18. The Morgan fingerprint density at radius 2 is 2.08 bits per heavy atom. The fraction of sp³-hybridized carbons (Fsp3) is 0.300. The van der Waals surface area contributed by atoms with Crippen LogP contribution in [0.15, 0.2) is 42.5 Å². The second-order valence-electron chi connectivity index (χ2n) is 6.30. The van der Waals surface area contributed by atoms with Crippen LogP contribution in [0.3, 0.4) is 0 Å². The molecule has 3 rings (SSSR count). The van der Waals surface area contributed by atoms with Crippen LogP contribution >= 0.6 is 0 Å². The second kappa shape index (κ2) is 7.38. The number of nitrogens with zero attached hydrogens (tertiary/aromatic N) is 1. The lowest BCUT2D eigenvalue weighted by Crippen LogP contribution is -2.30. The zero-order valence-electron chi connectivity index (χ0n) is 14.5. The van der Waals surface area contributed by atoms with Crippen molar-refractivity contribution in [2.45, 2.75) is 19.8 Å². The Hall–Kier alpha value is -2.82. The van der Waals surface area contributed by atoms with Gasteiger partial charge in [0.15, 0.2) is 6.61 Å². The predicted octanol–water partition coefficient (Wildman–Crippen LogP) is 2.25. The van der Waals surface area contributed by atoms with E-state index in [1.54, 1.807) is 11.9 Å². The lowest BCUT2D eigenvalue weighted by Gasteiger charge is -2.11. The van der Waals surface area contributed by atoms with Gasteiger partial charge in [0.05, 0.1) is 6.42 Å². The van der Waals surface area contributed by atoms with Crippen LogP contribution in [0.25, 0.3) is 0 Å². The summed E-state index contributed by atoms with van der Waals surface area (Å²) in [6.45, 7) is 2.53. The molecule has 1 heterocycles. The third-order valence-electron chi connectivity index (χ3n) is 4.32. The Labute approximate surface area is 147 Å². The largest absolute Gasteiger partial charge is 0.484 e. The number of hydrogen-bond donors (Lipinski definition) is 1. The van der Waals surface area contributed by atoms with Crippen molar-refractivity contribution in [1.82, 2.24) is 5.32 Å². The molecule has 25 heavy (non-hydrogen) atoms. The molecular weight excluding hydrogens is 316 g/mol. The number of nitrogens with one attached hydrogen (secondary N) is 1.